The number of nitrogens with zero attached hydrogens (tertiary/aromatic N) is 4. The van der Waals surface area contributed by atoms with Crippen molar-refractivity contribution < 1.29 is 4.74 Å². The second-order valence-electron chi connectivity index (χ2n) is 7.04. The van der Waals surface area contributed by atoms with Gasteiger partial charge in [-0.15, -0.1) is 10.2 Å². The Bertz CT molecular complexity index is 1270. The molecule has 5 rings (SSSR count). The second-order valence-corrected chi connectivity index (χ2v) is 7.04. The van der Waals surface area contributed by atoms with Crippen LogP contribution in [0.4, 0.5) is 0 Å². The van der Waals surface area contributed by atoms with Gasteiger partial charge in [-0.05, 0) is 47.0 Å². The van der Waals surface area contributed by atoms with E-state index in [9.17, 15) is 0 Å². The van der Waals surface area contributed by atoms with Crippen LogP contribution in [0.3, 0.4) is 0 Å². The number of rotatable bonds is 6. The number of pyridine rings is 1. The molecule has 0 aliphatic rings. The van der Waals surface area contributed by atoms with Crippen molar-refractivity contribution in [2.75, 3.05) is 0 Å². The number of ether oxygens (including phenoxy) is 1. The van der Waals surface area contributed by atoms with Gasteiger partial charge in [-0.1, -0.05) is 60.7 Å². The van der Waals surface area contributed by atoms with Gasteiger partial charge < -0.3 is 4.74 Å². The Morgan fingerprint density at radius 2 is 1.70 bits per heavy atom. The van der Waals surface area contributed by atoms with E-state index in [4.69, 9.17) is 4.74 Å². The van der Waals surface area contributed by atoms with Crippen molar-refractivity contribution >= 4 is 10.9 Å². The zero-order valence-corrected chi connectivity index (χ0v) is 16.2. The highest BCUT2D eigenvalue weighted by molar-refractivity contribution is 5.78. The molecule has 0 bridgehead atoms. The molecule has 0 spiro atoms. The first-order valence-corrected chi connectivity index (χ1v) is 9.73. The van der Waals surface area contributed by atoms with E-state index in [0.29, 0.717) is 12.4 Å². The van der Waals surface area contributed by atoms with Crippen molar-refractivity contribution in [3.05, 3.63) is 102 Å². The van der Waals surface area contributed by atoms with E-state index in [2.05, 4.69) is 62.0 Å². The molecular weight excluding hydrogens is 374 g/mol. The molecule has 6 nitrogen and oxygen atoms in total. The molecule has 0 saturated carbocycles. The Kier molecular flexibility index (Phi) is 4.88. The van der Waals surface area contributed by atoms with Gasteiger partial charge in [0.15, 0.2) is 0 Å². The number of aromatic amines is 1. The maximum atomic E-state index is 6.00. The summed E-state index contributed by atoms with van der Waals surface area (Å²) in [5.74, 6) is 1.44. The van der Waals surface area contributed by atoms with Gasteiger partial charge in [-0.2, -0.15) is 5.21 Å². The molecule has 5 aromatic rings. The highest BCUT2D eigenvalue weighted by Gasteiger charge is 2.05. The molecule has 0 unspecified atom stereocenters. The van der Waals surface area contributed by atoms with Gasteiger partial charge in [0.2, 0.25) is 5.82 Å². The van der Waals surface area contributed by atoms with Crippen LogP contribution in [0.25, 0.3) is 22.3 Å². The van der Waals surface area contributed by atoms with Crippen molar-refractivity contribution in [2.45, 2.75) is 13.0 Å². The number of aromatic nitrogens is 5. The minimum atomic E-state index is 0.438. The van der Waals surface area contributed by atoms with Gasteiger partial charge in [0.25, 0.3) is 0 Å². The van der Waals surface area contributed by atoms with Gasteiger partial charge in [-0.3, -0.25) is 0 Å². The standard InChI is InChI=1S/C24H19N5O/c1-2-7-23-19(5-1)12-13-21(25-23)16-30-22-6-3-4-18(15-22)14-17-8-10-20(11-9-17)24-26-28-29-27-24/h1-13,15H,14,16H2,(H,26,27,28,29). The van der Waals surface area contributed by atoms with Gasteiger partial charge in [-0.25, -0.2) is 4.98 Å². The smallest absolute Gasteiger partial charge is 0.204 e. The van der Waals surface area contributed by atoms with Crippen LogP contribution in [-0.4, -0.2) is 25.6 Å². The Morgan fingerprint density at radius 3 is 2.57 bits per heavy atom. The van der Waals surface area contributed by atoms with Crippen LogP contribution in [0.5, 0.6) is 5.75 Å². The van der Waals surface area contributed by atoms with Crippen LogP contribution in [0, 0.1) is 0 Å². The van der Waals surface area contributed by atoms with E-state index >= 15 is 0 Å². The molecule has 2 aromatic heterocycles. The number of para-hydroxylation sites is 1. The SMILES string of the molecule is c1cc(Cc2ccc(-c3nn[nH]n3)cc2)cc(OCc2ccc3ccccc3n2)c1. The minimum Gasteiger partial charge on any atom is -0.487 e. The quantitative estimate of drug-likeness (QED) is 0.457. The number of H-pyrrole nitrogens is 1. The lowest BCUT2D eigenvalue weighted by Gasteiger charge is -2.09. The molecule has 0 fully saturated rings. The summed E-state index contributed by atoms with van der Waals surface area (Å²) in [4.78, 5) is 4.67. The topological polar surface area (TPSA) is 76.6 Å². The van der Waals surface area contributed by atoms with Crippen molar-refractivity contribution in [3.63, 3.8) is 0 Å². The summed E-state index contributed by atoms with van der Waals surface area (Å²) in [6.45, 7) is 0.438. The van der Waals surface area contributed by atoms with Crippen LogP contribution in [0.2, 0.25) is 0 Å². The van der Waals surface area contributed by atoms with Gasteiger partial charge in [0.1, 0.15) is 12.4 Å². The first-order chi connectivity index (χ1) is 14.8. The normalized spacial score (nSPS) is 10.9. The van der Waals surface area contributed by atoms with E-state index in [1.54, 1.807) is 0 Å². The van der Waals surface area contributed by atoms with Crippen LogP contribution >= 0.6 is 0 Å². The third-order valence-corrected chi connectivity index (χ3v) is 4.91. The number of fused-ring (bicyclic) bond motifs is 1. The lowest BCUT2D eigenvalue weighted by Crippen LogP contribution is -1.99. The first-order valence-electron chi connectivity index (χ1n) is 9.73. The molecule has 30 heavy (non-hydrogen) atoms. The van der Waals surface area contributed by atoms with Gasteiger partial charge in [0.05, 0.1) is 11.2 Å². The number of tetrazole rings is 1. The van der Waals surface area contributed by atoms with Crippen LogP contribution in [-0.2, 0) is 13.0 Å². The number of hydrogen-bond donors (Lipinski definition) is 1. The van der Waals surface area contributed by atoms with E-state index in [1.165, 1.54) is 11.1 Å². The molecular formula is C24H19N5O. The zero-order chi connectivity index (χ0) is 20.2. The molecule has 0 atom stereocenters. The second kappa shape index (κ2) is 8.13. The van der Waals surface area contributed by atoms with E-state index in [1.807, 2.05) is 48.5 Å². The van der Waals surface area contributed by atoms with Crippen molar-refractivity contribution in [1.29, 1.82) is 0 Å². The fourth-order valence-electron chi connectivity index (χ4n) is 3.38. The van der Waals surface area contributed by atoms with Crippen molar-refractivity contribution in [2.24, 2.45) is 0 Å². The first kappa shape index (κ1) is 18.0. The highest BCUT2D eigenvalue weighted by atomic mass is 16.5. The van der Waals surface area contributed by atoms with E-state index in [-0.39, 0.29) is 0 Å². The molecule has 2 heterocycles. The van der Waals surface area contributed by atoms with E-state index in [0.717, 1.165) is 34.3 Å². The molecule has 0 amide bonds. The fourth-order valence-corrected chi connectivity index (χ4v) is 3.38. The molecule has 0 aliphatic carbocycles. The largest absolute Gasteiger partial charge is 0.487 e. The molecule has 6 heteroatoms. The summed E-state index contributed by atoms with van der Waals surface area (Å²) in [6, 6.07) is 28.5. The number of hydrogen-bond acceptors (Lipinski definition) is 5. The third kappa shape index (κ3) is 4.03. The average Bonchev–Trinajstić information content (AvgIpc) is 3.33. The predicted octanol–water partition coefficient (Wildman–Crippen LogP) is 4.58. The summed E-state index contributed by atoms with van der Waals surface area (Å²) in [7, 11) is 0. The molecule has 0 saturated heterocycles. The monoisotopic (exact) mass is 393 g/mol. The predicted molar refractivity (Wildman–Crippen MR) is 115 cm³/mol. The van der Waals surface area contributed by atoms with Gasteiger partial charge >= 0.3 is 0 Å². The van der Waals surface area contributed by atoms with E-state index < -0.39 is 0 Å². The van der Waals surface area contributed by atoms with Crippen molar-refractivity contribution in [1.82, 2.24) is 25.6 Å². The summed E-state index contributed by atoms with van der Waals surface area (Å²) in [5, 5.41) is 15.2. The van der Waals surface area contributed by atoms with Gasteiger partial charge in [0, 0.05) is 10.9 Å². The number of benzene rings is 3. The lowest BCUT2D eigenvalue weighted by atomic mass is 10.0. The van der Waals surface area contributed by atoms with Crippen molar-refractivity contribution in [3.8, 4) is 17.1 Å². The summed E-state index contributed by atoms with van der Waals surface area (Å²) in [6.07, 6.45) is 0.817. The fraction of sp³-hybridized carbons (Fsp3) is 0.0833. The third-order valence-electron chi connectivity index (χ3n) is 4.91. The number of nitrogens with one attached hydrogen (secondary N) is 1. The summed E-state index contributed by atoms with van der Waals surface area (Å²) < 4.78 is 6.00. The maximum absolute atomic E-state index is 6.00. The molecule has 1 N–H and O–H groups in total. The molecule has 0 aliphatic heterocycles. The summed E-state index contributed by atoms with van der Waals surface area (Å²) >= 11 is 0. The van der Waals surface area contributed by atoms with Crippen LogP contribution < -0.4 is 4.74 Å². The van der Waals surface area contributed by atoms with Crippen LogP contribution in [0.15, 0.2) is 84.9 Å². The Labute approximate surface area is 173 Å². The zero-order valence-electron chi connectivity index (χ0n) is 16.2. The highest BCUT2D eigenvalue weighted by Crippen LogP contribution is 2.20. The Morgan fingerprint density at radius 1 is 0.800 bits per heavy atom. The van der Waals surface area contributed by atoms with Crippen LogP contribution in [0.1, 0.15) is 16.8 Å². The molecule has 0 radical (unpaired) electrons. The average molecular weight is 393 g/mol. The minimum absolute atomic E-state index is 0.438. The summed E-state index contributed by atoms with van der Waals surface area (Å²) in [5.41, 5.74) is 5.22. The lowest BCUT2D eigenvalue weighted by molar-refractivity contribution is 0.301. The molecule has 3 aromatic carbocycles. The Hall–Kier alpha value is -4.06. The maximum Gasteiger partial charge on any atom is 0.204 e. The Balaban J connectivity index is 1.25. The molecule has 146 valence electrons.